The molecule has 0 bridgehead atoms. The molecule has 3 aliphatic heterocycles. The van der Waals surface area contributed by atoms with Crippen LogP contribution in [0, 0.1) is 36.5 Å². The van der Waals surface area contributed by atoms with Gasteiger partial charge in [0.15, 0.2) is 17.7 Å². The van der Waals surface area contributed by atoms with Crippen LogP contribution in [0.1, 0.15) is 111 Å². The van der Waals surface area contributed by atoms with Gasteiger partial charge in [0.2, 0.25) is 0 Å². The highest BCUT2D eigenvalue weighted by Crippen LogP contribution is 2.47. The van der Waals surface area contributed by atoms with Gasteiger partial charge in [0.25, 0.3) is 0 Å². The summed E-state index contributed by atoms with van der Waals surface area (Å²) in [7, 11) is 5.25. The van der Waals surface area contributed by atoms with Crippen molar-refractivity contribution in [2.45, 2.75) is 174 Å². The zero-order valence-corrected chi connectivity index (χ0v) is 38.8. The summed E-state index contributed by atoms with van der Waals surface area (Å²) in [5.41, 5.74) is 0.441. The smallest absolute Gasteiger partial charge is 0.411 e. The molecule has 2 unspecified atom stereocenters. The number of hydrogen-bond donors (Lipinski definition) is 2. The van der Waals surface area contributed by atoms with Crippen LogP contribution in [0.3, 0.4) is 0 Å². The van der Waals surface area contributed by atoms with Crippen LogP contribution in [-0.4, -0.2) is 135 Å². The number of hydrogen-bond acceptors (Lipinski definition) is 14. The molecule has 0 radical (unpaired) electrons. The summed E-state index contributed by atoms with van der Waals surface area (Å²) in [5.74, 6) is -4.72. The summed E-state index contributed by atoms with van der Waals surface area (Å²) in [6.45, 7) is 16.0. The standard InChI is InChI=1S/C47H70N4O11/c1-13-35-47(9)41(51(45(57)62-47)31-16-14-30(21-31)15-17-32-34(52)23-49-36-24(2)18-19-48-37(32)36)27(5)38(53)25(3)22-46(8,58-12)42(28(6)39(54)29(7)43(56)60-35)61-44-40(55)33(50(10)11)20-26(4)59-44/h18-19,23,25-31,33,35,40-42,44,52,55H,13-17,20-22H2,1-12H3/t25-,26-,27+,28+,29-,30?,31?,33+,35-,40-,41-,42-,44+,46-,47-/m1/s1. The molecular weight excluding hydrogens is 797 g/mol. The Labute approximate surface area is 366 Å². The number of methoxy groups -OCH3 is 1. The van der Waals surface area contributed by atoms with Crippen LogP contribution in [0.5, 0.6) is 5.75 Å². The summed E-state index contributed by atoms with van der Waals surface area (Å²) in [6.07, 6.45) is 2.53. The Bertz CT molecular complexity index is 1980. The van der Waals surface area contributed by atoms with Gasteiger partial charge in [-0.1, -0.05) is 27.7 Å². The third-order valence-electron chi connectivity index (χ3n) is 14.8. The first-order valence-electron chi connectivity index (χ1n) is 22.6. The third kappa shape index (κ3) is 8.98. The Balaban J connectivity index is 1.31. The number of carbonyl (C=O) groups excluding carboxylic acids is 4. The van der Waals surface area contributed by atoms with Crippen molar-refractivity contribution in [3.63, 3.8) is 0 Å². The predicted molar refractivity (Wildman–Crippen MR) is 230 cm³/mol. The third-order valence-corrected chi connectivity index (χ3v) is 14.8. The molecule has 4 fully saturated rings. The molecular formula is C47H70N4O11. The molecule has 5 heterocycles. The van der Waals surface area contributed by atoms with E-state index in [1.54, 1.807) is 31.9 Å². The van der Waals surface area contributed by atoms with E-state index >= 15 is 0 Å². The highest BCUT2D eigenvalue weighted by atomic mass is 16.7. The summed E-state index contributed by atoms with van der Waals surface area (Å²) < 4.78 is 31.6. The number of pyridine rings is 2. The zero-order valence-electron chi connectivity index (χ0n) is 38.8. The van der Waals surface area contributed by atoms with E-state index in [1.807, 2.05) is 59.7 Å². The summed E-state index contributed by atoms with van der Waals surface area (Å²) in [6, 6.07) is 0.531. The number of amides is 1. The minimum atomic E-state index is -1.43. The minimum Gasteiger partial charge on any atom is -0.506 e. The second-order valence-electron chi connectivity index (χ2n) is 19.4. The molecule has 344 valence electrons. The van der Waals surface area contributed by atoms with E-state index in [1.165, 1.54) is 20.2 Å². The number of aromatic hydroxyl groups is 1. The molecule has 2 N–H and O–H groups in total. The van der Waals surface area contributed by atoms with Gasteiger partial charge in [-0.3, -0.25) is 29.3 Å². The van der Waals surface area contributed by atoms with Crippen molar-refractivity contribution in [3.05, 3.63) is 29.6 Å². The zero-order chi connectivity index (χ0) is 45.6. The van der Waals surface area contributed by atoms with Gasteiger partial charge in [-0.25, -0.2) is 4.79 Å². The van der Waals surface area contributed by atoms with E-state index in [-0.39, 0.29) is 48.5 Å². The first-order chi connectivity index (χ1) is 29.2. The predicted octanol–water partition coefficient (Wildman–Crippen LogP) is 5.95. The number of ether oxygens (including phenoxy) is 5. The van der Waals surface area contributed by atoms with Crippen molar-refractivity contribution in [1.82, 2.24) is 19.8 Å². The van der Waals surface area contributed by atoms with Crippen LogP contribution in [0.2, 0.25) is 0 Å². The summed E-state index contributed by atoms with van der Waals surface area (Å²) in [4.78, 5) is 70.4. The number of likely N-dealkylation sites (N-methyl/N-ethyl adjacent to an activating group) is 1. The van der Waals surface area contributed by atoms with Gasteiger partial charge in [0.1, 0.15) is 29.7 Å². The maximum absolute atomic E-state index is 15.0. The van der Waals surface area contributed by atoms with E-state index < -0.39 is 83.4 Å². The van der Waals surface area contributed by atoms with Gasteiger partial charge in [0, 0.05) is 48.7 Å². The maximum Gasteiger partial charge on any atom is 0.411 e. The van der Waals surface area contributed by atoms with Crippen molar-refractivity contribution >= 4 is 34.7 Å². The average molecular weight is 867 g/mol. The first kappa shape index (κ1) is 47.7. The van der Waals surface area contributed by atoms with Crippen LogP contribution < -0.4 is 0 Å². The van der Waals surface area contributed by atoms with E-state index in [2.05, 4.69) is 9.97 Å². The van der Waals surface area contributed by atoms with Crippen LogP contribution in [0.4, 0.5) is 4.79 Å². The van der Waals surface area contributed by atoms with Crippen molar-refractivity contribution in [2.75, 3.05) is 21.2 Å². The van der Waals surface area contributed by atoms with E-state index in [9.17, 15) is 29.4 Å². The van der Waals surface area contributed by atoms with E-state index in [0.29, 0.717) is 31.2 Å². The van der Waals surface area contributed by atoms with Crippen LogP contribution >= 0.6 is 0 Å². The van der Waals surface area contributed by atoms with Gasteiger partial charge in [-0.15, -0.1) is 0 Å². The van der Waals surface area contributed by atoms with Crippen LogP contribution in [0.15, 0.2) is 18.5 Å². The average Bonchev–Trinajstić information content (AvgIpc) is 3.81. The lowest BCUT2D eigenvalue weighted by atomic mass is 9.73. The second-order valence-corrected chi connectivity index (χ2v) is 19.4. The largest absolute Gasteiger partial charge is 0.506 e. The molecule has 62 heavy (non-hydrogen) atoms. The number of aliphatic hydroxyl groups is 1. The molecule has 15 nitrogen and oxygen atoms in total. The molecule has 4 aliphatic rings. The number of carbonyl (C=O) groups is 4. The fraction of sp³-hybridized carbons (Fsp3) is 0.745. The highest BCUT2D eigenvalue weighted by Gasteiger charge is 2.62. The quantitative estimate of drug-likeness (QED) is 0.222. The number of esters is 1. The number of rotatable bonds is 9. The minimum absolute atomic E-state index is 0.103. The van der Waals surface area contributed by atoms with E-state index in [4.69, 9.17) is 23.7 Å². The number of cyclic esters (lactones) is 1. The van der Waals surface area contributed by atoms with Gasteiger partial charge in [-0.05, 0) is 118 Å². The molecule has 0 spiro atoms. The number of fused-ring (bicyclic) bond motifs is 2. The number of nitrogens with zero attached hydrogens (tertiary/aromatic N) is 4. The number of Topliss-reactive ketones (excluding diaryl/α,β-unsaturated/α-hetero) is 2. The van der Waals surface area contributed by atoms with Crippen LogP contribution in [0.25, 0.3) is 11.0 Å². The van der Waals surface area contributed by atoms with Crippen molar-refractivity contribution in [1.29, 1.82) is 0 Å². The number of aryl methyl sites for hydroxylation is 2. The summed E-state index contributed by atoms with van der Waals surface area (Å²) in [5, 5.41) is 22.3. The monoisotopic (exact) mass is 867 g/mol. The molecule has 1 aliphatic carbocycles. The molecule has 15 atom stereocenters. The lowest BCUT2D eigenvalue weighted by Gasteiger charge is -2.47. The van der Waals surface area contributed by atoms with Crippen molar-refractivity contribution in [3.8, 4) is 5.75 Å². The molecule has 6 rings (SSSR count). The van der Waals surface area contributed by atoms with E-state index in [0.717, 1.165) is 29.5 Å². The van der Waals surface area contributed by atoms with Gasteiger partial charge >= 0.3 is 12.1 Å². The highest BCUT2D eigenvalue weighted by molar-refractivity contribution is 6.00. The Morgan fingerprint density at radius 1 is 0.984 bits per heavy atom. The number of aliphatic hydroxyl groups excluding tert-OH is 1. The van der Waals surface area contributed by atoms with Gasteiger partial charge in [0.05, 0.1) is 41.1 Å². The van der Waals surface area contributed by atoms with Gasteiger partial charge in [-0.2, -0.15) is 0 Å². The topological polar surface area (TPSA) is 187 Å². The Morgan fingerprint density at radius 2 is 1.69 bits per heavy atom. The second kappa shape index (κ2) is 18.8. The SMILES string of the molecule is CC[C@H]1OC(=O)[C@H](C)C(=O)[C@H](C)[C@@H](O[C@@H]2O[C@H](C)C[C@H](N(C)C)[C@H]2O)[C@](C)(OC)C[C@@H](C)C(=O)[C@H](C)[C@H]2N(C3CCC(CCc4c(O)cnc5c(C)ccnc45)C3)C(=O)O[C@]12C. The molecule has 1 saturated carbocycles. The van der Waals surface area contributed by atoms with Crippen molar-refractivity contribution < 1.29 is 53.1 Å². The number of aromatic nitrogens is 2. The number of ketones is 2. The van der Waals surface area contributed by atoms with Crippen molar-refractivity contribution in [2.24, 2.45) is 29.6 Å². The fourth-order valence-corrected chi connectivity index (χ4v) is 11.2. The lowest BCUT2D eigenvalue weighted by molar-refractivity contribution is -0.295. The normalized spacial score (nSPS) is 38.9. The Morgan fingerprint density at radius 3 is 2.35 bits per heavy atom. The lowest BCUT2D eigenvalue weighted by Crippen LogP contribution is -2.60. The molecule has 2 aromatic heterocycles. The van der Waals surface area contributed by atoms with Gasteiger partial charge < -0.3 is 38.8 Å². The fourth-order valence-electron chi connectivity index (χ4n) is 11.2. The van der Waals surface area contributed by atoms with Crippen LogP contribution in [-0.2, 0) is 44.5 Å². The maximum atomic E-state index is 15.0. The molecule has 3 saturated heterocycles. The molecule has 1 amide bonds. The molecule has 2 aromatic rings. The Kier molecular flexibility index (Phi) is 14.4. The first-order valence-corrected chi connectivity index (χ1v) is 22.6. The Hall–Kier alpha value is -3.76. The summed E-state index contributed by atoms with van der Waals surface area (Å²) >= 11 is 0. The molecule has 0 aromatic carbocycles. The molecule has 15 heteroatoms.